The summed E-state index contributed by atoms with van der Waals surface area (Å²) in [5, 5.41) is 19.6. The quantitative estimate of drug-likeness (QED) is 0.273. The molecular formula is C18H10BF5O5. The van der Waals surface area contributed by atoms with Crippen LogP contribution in [-0.2, 0) is 0 Å². The monoisotopic (exact) mass is 412 g/mol. The van der Waals surface area contributed by atoms with Crippen molar-refractivity contribution in [1.82, 2.24) is 0 Å². The van der Waals surface area contributed by atoms with E-state index in [0.717, 1.165) is 0 Å². The Morgan fingerprint density at radius 1 is 0.552 bits per heavy atom. The van der Waals surface area contributed by atoms with Gasteiger partial charge in [-0.25, -0.2) is 13.2 Å². The number of aromatic hydroxyl groups is 2. The summed E-state index contributed by atoms with van der Waals surface area (Å²) in [6, 6.07) is 10.6. The lowest BCUT2D eigenvalue weighted by Gasteiger charge is -2.18. The molecule has 0 bridgehead atoms. The minimum atomic E-state index is -2.37. The van der Waals surface area contributed by atoms with Crippen LogP contribution in [0.1, 0.15) is 0 Å². The molecule has 5 nitrogen and oxygen atoms in total. The molecule has 0 unspecified atom stereocenters. The molecule has 0 spiro atoms. The van der Waals surface area contributed by atoms with E-state index in [2.05, 4.69) is 0 Å². The van der Waals surface area contributed by atoms with E-state index in [1.807, 2.05) is 0 Å². The van der Waals surface area contributed by atoms with Crippen LogP contribution in [0.15, 0.2) is 48.5 Å². The van der Waals surface area contributed by atoms with Gasteiger partial charge >= 0.3 is 7.32 Å². The van der Waals surface area contributed by atoms with Crippen LogP contribution in [0.5, 0.6) is 28.7 Å². The van der Waals surface area contributed by atoms with Gasteiger partial charge in [-0.05, 0) is 24.3 Å². The molecule has 0 aromatic heterocycles. The van der Waals surface area contributed by atoms with Crippen LogP contribution in [0.2, 0.25) is 0 Å². The van der Waals surface area contributed by atoms with Crippen molar-refractivity contribution in [2.75, 3.05) is 0 Å². The first-order chi connectivity index (χ1) is 13.8. The van der Waals surface area contributed by atoms with Crippen LogP contribution in [0, 0.1) is 29.1 Å². The van der Waals surface area contributed by atoms with Gasteiger partial charge in [0.05, 0.1) is 0 Å². The smallest absolute Gasteiger partial charge is 0.504 e. The number of benzene rings is 3. The van der Waals surface area contributed by atoms with Gasteiger partial charge < -0.3 is 24.2 Å². The third kappa shape index (κ3) is 4.13. The van der Waals surface area contributed by atoms with Gasteiger partial charge in [0.15, 0.2) is 17.2 Å². The highest BCUT2D eigenvalue weighted by molar-refractivity contribution is 6.39. The van der Waals surface area contributed by atoms with Crippen LogP contribution in [0.4, 0.5) is 22.0 Å². The fourth-order valence-corrected chi connectivity index (χ4v) is 2.18. The lowest BCUT2D eigenvalue weighted by Crippen LogP contribution is -2.37. The van der Waals surface area contributed by atoms with Crippen molar-refractivity contribution < 1.29 is 46.1 Å². The SMILES string of the molecule is Oc1ccccc1OB(Oc1ccccc1O)Oc1c(F)c(F)c(F)c(F)c1F. The molecule has 0 radical (unpaired) electrons. The Labute approximate surface area is 160 Å². The second kappa shape index (κ2) is 8.17. The van der Waals surface area contributed by atoms with E-state index in [1.165, 1.54) is 48.5 Å². The van der Waals surface area contributed by atoms with Crippen LogP contribution in [0.25, 0.3) is 0 Å². The molecule has 3 rings (SSSR count). The van der Waals surface area contributed by atoms with Crippen LogP contribution >= 0.6 is 0 Å². The molecule has 0 fully saturated rings. The Bertz CT molecular complexity index is 973. The zero-order chi connectivity index (χ0) is 21.1. The Morgan fingerprint density at radius 2 is 0.931 bits per heavy atom. The number of phenols is 2. The molecule has 3 aromatic carbocycles. The van der Waals surface area contributed by atoms with E-state index in [0.29, 0.717) is 0 Å². The molecule has 0 aliphatic carbocycles. The highest BCUT2D eigenvalue weighted by atomic mass is 19.2. The molecule has 3 aromatic rings. The number of halogens is 5. The number of hydrogen-bond donors (Lipinski definition) is 2. The molecule has 150 valence electrons. The van der Waals surface area contributed by atoms with E-state index in [4.69, 9.17) is 14.0 Å². The summed E-state index contributed by atoms with van der Waals surface area (Å²) in [6.45, 7) is 0. The molecule has 11 heteroatoms. The fraction of sp³-hybridized carbons (Fsp3) is 0. The van der Waals surface area contributed by atoms with Gasteiger partial charge in [-0.2, -0.15) is 8.78 Å². The lowest BCUT2D eigenvalue weighted by atomic mass is 10.1. The van der Waals surface area contributed by atoms with Crippen molar-refractivity contribution in [2.45, 2.75) is 0 Å². The average Bonchev–Trinajstić information content (AvgIpc) is 2.71. The Balaban J connectivity index is 2.00. The number of para-hydroxylation sites is 4. The molecule has 0 aliphatic heterocycles. The summed E-state index contributed by atoms with van der Waals surface area (Å²) in [5.41, 5.74) is 0. The first-order valence-corrected chi connectivity index (χ1v) is 7.87. The van der Waals surface area contributed by atoms with Gasteiger partial charge in [0.25, 0.3) is 0 Å². The highest BCUT2D eigenvalue weighted by Crippen LogP contribution is 2.32. The molecular weight excluding hydrogens is 402 g/mol. The van der Waals surface area contributed by atoms with Crippen molar-refractivity contribution in [3.8, 4) is 28.7 Å². The van der Waals surface area contributed by atoms with Crippen molar-refractivity contribution in [1.29, 1.82) is 0 Å². The van der Waals surface area contributed by atoms with E-state index in [1.54, 1.807) is 0 Å². The summed E-state index contributed by atoms with van der Waals surface area (Å²) >= 11 is 0. The van der Waals surface area contributed by atoms with Crippen molar-refractivity contribution in [3.63, 3.8) is 0 Å². The first-order valence-electron chi connectivity index (χ1n) is 7.87. The zero-order valence-electron chi connectivity index (χ0n) is 14.2. The number of phenolic OH excluding ortho intramolecular Hbond substituents is 2. The molecule has 2 N–H and O–H groups in total. The molecule has 29 heavy (non-hydrogen) atoms. The Kier molecular flexibility index (Phi) is 5.67. The van der Waals surface area contributed by atoms with Crippen LogP contribution in [-0.4, -0.2) is 17.5 Å². The van der Waals surface area contributed by atoms with Gasteiger partial charge in [-0.15, -0.1) is 0 Å². The number of hydrogen-bond acceptors (Lipinski definition) is 5. The molecule has 0 heterocycles. The standard InChI is InChI=1S/C18H10BF5O5/c20-13-14(21)16(23)18(17(24)15(13)22)29-19(27-11-7-3-1-5-9(11)25)28-12-8-4-2-6-10(12)26/h1-8,25-26H. The minimum absolute atomic E-state index is 0.295. The second-order valence-corrected chi connectivity index (χ2v) is 5.48. The summed E-state index contributed by atoms with van der Waals surface area (Å²) in [5.74, 6) is -14.5. The predicted molar refractivity (Wildman–Crippen MR) is 90.1 cm³/mol. The molecule has 0 saturated heterocycles. The lowest BCUT2D eigenvalue weighted by molar-refractivity contribution is 0.269. The maximum Gasteiger partial charge on any atom is 0.864 e. The second-order valence-electron chi connectivity index (χ2n) is 5.48. The van der Waals surface area contributed by atoms with Gasteiger partial charge in [-0.3, -0.25) is 0 Å². The molecule has 0 saturated carbocycles. The normalized spacial score (nSPS) is 10.5. The third-order valence-corrected chi connectivity index (χ3v) is 3.56. The minimum Gasteiger partial charge on any atom is -0.504 e. The van der Waals surface area contributed by atoms with Gasteiger partial charge in [0.1, 0.15) is 11.5 Å². The van der Waals surface area contributed by atoms with Gasteiger partial charge in [0.2, 0.25) is 29.1 Å². The van der Waals surface area contributed by atoms with Crippen LogP contribution < -0.4 is 14.0 Å². The maximum absolute atomic E-state index is 13.9. The Morgan fingerprint density at radius 3 is 1.34 bits per heavy atom. The third-order valence-electron chi connectivity index (χ3n) is 3.56. The molecule has 0 atom stereocenters. The topological polar surface area (TPSA) is 68.2 Å². The van der Waals surface area contributed by atoms with Crippen molar-refractivity contribution in [3.05, 3.63) is 77.6 Å². The largest absolute Gasteiger partial charge is 0.864 e. The van der Waals surface area contributed by atoms with Crippen LogP contribution in [0.3, 0.4) is 0 Å². The molecule has 0 aliphatic rings. The average molecular weight is 412 g/mol. The highest BCUT2D eigenvalue weighted by Gasteiger charge is 2.37. The zero-order valence-corrected chi connectivity index (χ0v) is 14.2. The first kappa shape index (κ1) is 20.1. The summed E-state index contributed by atoms with van der Waals surface area (Å²) in [7, 11) is -2.16. The van der Waals surface area contributed by atoms with Crippen molar-refractivity contribution >= 4 is 7.32 Å². The van der Waals surface area contributed by atoms with Gasteiger partial charge in [0, 0.05) is 0 Å². The summed E-state index contributed by atoms with van der Waals surface area (Å²) < 4.78 is 83.0. The number of rotatable bonds is 6. The molecule has 0 amide bonds. The van der Waals surface area contributed by atoms with Crippen molar-refractivity contribution in [2.24, 2.45) is 0 Å². The fourth-order valence-electron chi connectivity index (χ4n) is 2.18. The summed E-state index contributed by atoms with van der Waals surface area (Å²) in [4.78, 5) is 0. The van der Waals surface area contributed by atoms with E-state index in [9.17, 15) is 32.2 Å². The maximum atomic E-state index is 13.9. The van der Waals surface area contributed by atoms with E-state index in [-0.39, 0.29) is 11.5 Å². The van der Waals surface area contributed by atoms with E-state index >= 15 is 0 Å². The Hall–Kier alpha value is -3.63. The van der Waals surface area contributed by atoms with E-state index < -0.39 is 53.7 Å². The van der Waals surface area contributed by atoms with Gasteiger partial charge in [-0.1, -0.05) is 24.3 Å². The summed E-state index contributed by atoms with van der Waals surface area (Å²) in [6.07, 6.45) is 0. The predicted octanol–water partition coefficient (Wildman–Crippen LogP) is 4.32.